The maximum Gasteiger partial charge on any atom is 0.00631 e. The maximum absolute atomic E-state index is 5.83. The molecule has 1 heterocycles. The molecule has 0 atom stereocenters. The molecule has 0 amide bonds. The Morgan fingerprint density at radius 1 is 1.25 bits per heavy atom. The summed E-state index contributed by atoms with van der Waals surface area (Å²) < 4.78 is 0. The van der Waals surface area contributed by atoms with E-state index in [2.05, 4.69) is 25.7 Å². The molecule has 0 unspecified atom stereocenters. The summed E-state index contributed by atoms with van der Waals surface area (Å²) in [4.78, 5) is 2.53. The fraction of sp³-hybridized carbons (Fsp3) is 1.00. The molecule has 1 saturated heterocycles. The van der Waals surface area contributed by atoms with E-state index in [1.807, 2.05) is 0 Å². The van der Waals surface area contributed by atoms with Crippen molar-refractivity contribution in [3.05, 3.63) is 0 Å². The van der Waals surface area contributed by atoms with Crippen molar-refractivity contribution < 1.29 is 0 Å². The molecule has 0 aliphatic carbocycles. The summed E-state index contributed by atoms with van der Waals surface area (Å²) in [6.45, 7) is 10.5. The summed E-state index contributed by atoms with van der Waals surface area (Å²) in [5.41, 5.74) is 6.27. The Bertz CT molecular complexity index is 129. The molecule has 12 heavy (non-hydrogen) atoms. The van der Waals surface area contributed by atoms with Crippen molar-refractivity contribution in [2.24, 2.45) is 11.1 Å². The number of nitrogens with two attached hydrogens (primary N) is 1. The smallest absolute Gasteiger partial charge is 0.00631 e. The molecule has 0 saturated carbocycles. The van der Waals surface area contributed by atoms with Crippen LogP contribution in [-0.2, 0) is 0 Å². The minimum Gasteiger partial charge on any atom is -0.328 e. The highest BCUT2D eigenvalue weighted by atomic mass is 15.1. The lowest BCUT2D eigenvalue weighted by Crippen LogP contribution is -2.43. The molecule has 0 radical (unpaired) electrons. The second kappa shape index (κ2) is 3.75. The van der Waals surface area contributed by atoms with Crippen molar-refractivity contribution in [1.29, 1.82) is 0 Å². The van der Waals surface area contributed by atoms with Crippen molar-refractivity contribution in [3.8, 4) is 0 Å². The molecule has 0 spiro atoms. The minimum atomic E-state index is 0.432. The third-order valence-corrected chi connectivity index (χ3v) is 2.33. The first kappa shape index (κ1) is 10.0. The molecular weight excluding hydrogens is 148 g/mol. The Kier molecular flexibility index (Phi) is 3.13. The maximum atomic E-state index is 5.83. The van der Waals surface area contributed by atoms with E-state index in [1.54, 1.807) is 0 Å². The SMILES string of the molecule is CC(C)(C)CN1CCC(N)CC1. The summed E-state index contributed by atoms with van der Waals surface area (Å²) in [5.74, 6) is 0. The number of likely N-dealkylation sites (tertiary alicyclic amines) is 1. The van der Waals surface area contributed by atoms with Crippen molar-refractivity contribution in [3.63, 3.8) is 0 Å². The Hall–Kier alpha value is -0.0800. The van der Waals surface area contributed by atoms with E-state index in [4.69, 9.17) is 5.73 Å². The molecule has 2 heteroatoms. The van der Waals surface area contributed by atoms with Gasteiger partial charge in [0, 0.05) is 12.6 Å². The van der Waals surface area contributed by atoms with Crippen LogP contribution in [0.5, 0.6) is 0 Å². The van der Waals surface area contributed by atoms with Gasteiger partial charge in [-0.1, -0.05) is 20.8 Å². The van der Waals surface area contributed by atoms with Crippen LogP contribution in [0.4, 0.5) is 0 Å². The van der Waals surface area contributed by atoms with Gasteiger partial charge < -0.3 is 10.6 Å². The Balaban J connectivity index is 2.26. The second-order valence-electron chi connectivity index (χ2n) is 5.17. The van der Waals surface area contributed by atoms with Crippen LogP contribution in [0.3, 0.4) is 0 Å². The van der Waals surface area contributed by atoms with Crippen LogP contribution in [0.2, 0.25) is 0 Å². The van der Waals surface area contributed by atoms with E-state index in [0.29, 0.717) is 11.5 Å². The molecule has 2 N–H and O–H groups in total. The highest BCUT2D eigenvalue weighted by Gasteiger charge is 2.20. The van der Waals surface area contributed by atoms with Crippen LogP contribution in [0.1, 0.15) is 33.6 Å². The molecule has 1 fully saturated rings. The first-order chi connectivity index (χ1) is 5.47. The predicted octanol–water partition coefficient (Wildman–Crippen LogP) is 1.46. The predicted molar refractivity (Wildman–Crippen MR) is 53.1 cm³/mol. The fourth-order valence-electron chi connectivity index (χ4n) is 1.78. The van der Waals surface area contributed by atoms with Gasteiger partial charge in [-0.25, -0.2) is 0 Å². The standard InChI is InChI=1S/C10H22N2/c1-10(2,3)8-12-6-4-9(11)5-7-12/h9H,4-8,11H2,1-3H3. The Morgan fingerprint density at radius 3 is 2.17 bits per heavy atom. The van der Waals surface area contributed by atoms with Gasteiger partial charge >= 0.3 is 0 Å². The monoisotopic (exact) mass is 170 g/mol. The zero-order valence-electron chi connectivity index (χ0n) is 8.64. The summed E-state index contributed by atoms with van der Waals surface area (Å²) in [6, 6.07) is 0.459. The van der Waals surface area contributed by atoms with Gasteiger partial charge in [0.25, 0.3) is 0 Å². The number of piperidine rings is 1. The number of rotatable bonds is 1. The lowest BCUT2D eigenvalue weighted by molar-refractivity contribution is 0.155. The van der Waals surface area contributed by atoms with Crippen LogP contribution in [0.25, 0.3) is 0 Å². The number of hydrogen-bond donors (Lipinski definition) is 1. The van der Waals surface area contributed by atoms with E-state index in [-0.39, 0.29) is 0 Å². The molecule has 0 aromatic rings. The van der Waals surface area contributed by atoms with Crippen LogP contribution in [0, 0.1) is 5.41 Å². The quantitative estimate of drug-likeness (QED) is 0.645. The van der Waals surface area contributed by atoms with Crippen LogP contribution in [-0.4, -0.2) is 30.6 Å². The molecule has 0 bridgehead atoms. The average Bonchev–Trinajstić information content (AvgIpc) is 1.91. The highest BCUT2D eigenvalue weighted by Crippen LogP contribution is 2.18. The molecule has 0 aromatic heterocycles. The molecule has 1 rings (SSSR count). The van der Waals surface area contributed by atoms with Gasteiger partial charge in [-0.05, 0) is 31.3 Å². The van der Waals surface area contributed by atoms with E-state index in [1.165, 1.54) is 32.5 Å². The van der Waals surface area contributed by atoms with Crippen molar-refractivity contribution in [1.82, 2.24) is 4.90 Å². The Labute approximate surface area is 76.1 Å². The van der Waals surface area contributed by atoms with Crippen molar-refractivity contribution in [2.75, 3.05) is 19.6 Å². The van der Waals surface area contributed by atoms with Gasteiger partial charge in [-0.15, -0.1) is 0 Å². The molecular formula is C10H22N2. The van der Waals surface area contributed by atoms with Gasteiger partial charge in [0.2, 0.25) is 0 Å². The summed E-state index contributed by atoms with van der Waals surface area (Å²) in [6.07, 6.45) is 2.35. The van der Waals surface area contributed by atoms with Gasteiger partial charge in [-0.2, -0.15) is 0 Å². The number of nitrogens with zero attached hydrogens (tertiary/aromatic N) is 1. The second-order valence-corrected chi connectivity index (χ2v) is 5.17. The van der Waals surface area contributed by atoms with E-state index in [9.17, 15) is 0 Å². The summed E-state index contributed by atoms with van der Waals surface area (Å²) in [5, 5.41) is 0. The third-order valence-electron chi connectivity index (χ3n) is 2.33. The van der Waals surface area contributed by atoms with Gasteiger partial charge in [0.15, 0.2) is 0 Å². The molecule has 0 aromatic carbocycles. The first-order valence-electron chi connectivity index (χ1n) is 4.95. The molecule has 1 aliphatic rings. The zero-order chi connectivity index (χ0) is 9.19. The average molecular weight is 170 g/mol. The van der Waals surface area contributed by atoms with Crippen LogP contribution in [0.15, 0.2) is 0 Å². The summed E-state index contributed by atoms with van der Waals surface area (Å²) in [7, 11) is 0. The van der Waals surface area contributed by atoms with Crippen LogP contribution < -0.4 is 5.73 Å². The van der Waals surface area contributed by atoms with Gasteiger partial charge in [0.05, 0.1) is 0 Å². The molecule has 1 aliphatic heterocycles. The zero-order valence-corrected chi connectivity index (χ0v) is 8.64. The van der Waals surface area contributed by atoms with Crippen molar-refractivity contribution >= 4 is 0 Å². The molecule has 72 valence electrons. The first-order valence-corrected chi connectivity index (χ1v) is 4.95. The van der Waals surface area contributed by atoms with Crippen LogP contribution >= 0.6 is 0 Å². The fourth-order valence-corrected chi connectivity index (χ4v) is 1.78. The topological polar surface area (TPSA) is 29.3 Å². The highest BCUT2D eigenvalue weighted by molar-refractivity contribution is 4.77. The minimum absolute atomic E-state index is 0.432. The Morgan fingerprint density at radius 2 is 1.75 bits per heavy atom. The summed E-state index contributed by atoms with van der Waals surface area (Å²) >= 11 is 0. The lowest BCUT2D eigenvalue weighted by atomic mass is 9.94. The van der Waals surface area contributed by atoms with Gasteiger partial charge in [0.1, 0.15) is 0 Å². The third kappa shape index (κ3) is 3.55. The lowest BCUT2D eigenvalue weighted by Gasteiger charge is -2.34. The van der Waals surface area contributed by atoms with E-state index in [0.717, 1.165) is 0 Å². The van der Waals surface area contributed by atoms with E-state index < -0.39 is 0 Å². The normalized spacial score (nSPS) is 23.0. The largest absolute Gasteiger partial charge is 0.328 e. The molecule has 2 nitrogen and oxygen atoms in total. The van der Waals surface area contributed by atoms with Gasteiger partial charge in [-0.3, -0.25) is 0 Å². The van der Waals surface area contributed by atoms with E-state index >= 15 is 0 Å². The number of hydrogen-bond acceptors (Lipinski definition) is 2. The van der Waals surface area contributed by atoms with Crippen molar-refractivity contribution in [2.45, 2.75) is 39.7 Å².